The van der Waals surface area contributed by atoms with E-state index in [4.69, 9.17) is 4.98 Å². The van der Waals surface area contributed by atoms with Crippen LogP contribution < -0.4 is 10.2 Å². The van der Waals surface area contributed by atoms with E-state index in [9.17, 15) is 9.59 Å². The smallest absolute Gasteiger partial charge is 0.263 e. The van der Waals surface area contributed by atoms with E-state index >= 15 is 0 Å². The number of imidazole rings is 1. The molecule has 2 aliphatic heterocycles. The summed E-state index contributed by atoms with van der Waals surface area (Å²) in [6, 6.07) is 15.7. The van der Waals surface area contributed by atoms with E-state index in [1.54, 1.807) is 4.90 Å². The molecule has 0 spiro atoms. The lowest BCUT2D eigenvalue weighted by Gasteiger charge is -2.29. The van der Waals surface area contributed by atoms with Gasteiger partial charge in [0.05, 0.1) is 16.7 Å². The summed E-state index contributed by atoms with van der Waals surface area (Å²) in [6.07, 6.45) is 0.851. The first-order valence-electron chi connectivity index (χ1n) is 11.2. The summed E-state index contributed by atoms with van der Waals surface area (Å²) in [6.45, 7) is 7.84. The van der Waals surface area contributed by atoms with E-state index in [2.05, 4.69) is 28.6 Å². The number of nitrogens with one attached hydrogen (secondary N) is 1. The Kier molecular flexibility index (Phi) is 5.43. The van der Waals surface area contributed by atoms with Gasteiger partial charge in [-0.2, -0.15) is 0 Å². The van der Waals surface area contributed by atoms with Crippen LogP contribution in [0.5, 0.6) is 0 Å². The zero-order valence-corrected chi connectivity index (χ0v) is 19.2. The number of anilines is 2. The summed E-state index contributed by atoms with van der Waals surface area (Å²) in [5.41, 5.74) is 2.67. The largest absolute Gasteiger partial charge is 0.309 e. The maximum absolute atomic E-state index is 13.7. The summed E-state index contributed by atoms with van der Waals surface area (Å²) < 4.78 is 2.08. The molecular weight excluding hydrogens is 422 g/mol. The molecule has 1 saturated heterocycles. The van der Waals surface area contributed by atoms with Crippen LogP contribution in [0.2, 0.25) is 0 Å². The zero-order valence-electron chi connectivity index (χ0n) is 18.4. The summed E-state index contributed by atoms with van der Waals surface area (Å²) in [4.78, 5) is 35.2. The van der Waals surface area contributed by atoms with E-state index in [0.717, 1.165) is 47.8 Å². The summed E-state index contributed by atoms with van der Waals surface area (Å²) in [5.74, 6) is 0.338. The number of nitrogens with zero attached hydrogens (tertiary/aromatic N) is 4. The van der Waals surface area contributed by atoms with Crippen molar-refractivity contribution in [3.05, 3.63) is 48.5 Å². The fourth-order valence-corrected chi connectivity index (χ4v) is 6.09. The molecule has 1 unspecified atom stereocenters. The van der Waals surface area contributed by atoms with Crippen LogP contribution in [0.25, 0.3) is 11.0 Å². The highest BCUT2D eigenvalue weighted by Crippen LogP contribution is 2.56. The first-order chi connectivity index (χ1) is 15.6. The van der Waals surface area contributed by atoms with E-state index in [0.29, 0.717) is 18.8 Å². The molecule has 1 aromatic heterocycles. The number of hydrogen-bond acceptors (Lipinski definition) is 5. The van der Waals surface area contributed by atoms with Gasteiger partial charge in [0.1, 0.15) is 0 Å². The molecule has 0 saturated carbocycles. The van der Waals surface area contributed by atoms with E-state index in [1.165, 1.54) is 11.8 Å². The second-order valence-electron chi connectivity index (χ2n) is 8.14. The molecule has 5 rings (SSSR count). The molecule has 3 heterocycles. The molecule has 2 aromatic carbocycles. The molecule has 1 atom stereocenters. The van der Waals surface area contributed by atoms with Gasteiger partial charge >= 0.3 is 0 Å². The number of thioether (sulfide) groups is 1. The second kappa shape index (κ2) is 8.26. The van der Waals surface area contributed by atoms with Crippen molar-refractivity contribution >= 4 is 46.2 Å². The second-order valence-corrected chi connectivity index (χ2v) is 9.46. The summed E-state index contributed by atoms with van der Waals surface area (Å²) in [5, 5.41) is 3.10. The van der Waals surface area contributed by atoms with Crippen LogP contribution in [0, 0.1) is 0 Å². The van der Waals surface area contributed by atoms with Crippen LogP contribution >= 0.6 is 11.8 Å². The minimum atomic E-state index is -0.956. The third-order valence-corrected chi connectivity index (χ3v) is 7.92. The lowest BCUT2D eigenvalue weighted by molar-refractivity contribution is -0.121. The first kappa shape index (κ1) is 21.0. The van der Waals surface area contributed by atoms with Crippen molar-refractivity contribution in [2.45, 2.75) is 43.0 Å². The number of carbonyl (C=O) groups is 2. The van der Waals surface area contributed by atoms with Crippen LogP contribution in [0.15, 0.2) is 53.4 Å². The number of carbonyl (C=O) groups excluding carboxylic acids is 2. The van der Waals surface area contributed by atoms with Gasteiger partial charge in [-0.05, 0) is 43.8 Å². The Morgan fingerprint density at radius 1 is 1.16 bits per heavy atom. The normalized spacial score (nSPS) is 19.6. The van der Waals surface area contributed by atoms with Gasteiger partial charge in [-0.15, -0.1) is 0 Å². The molecule has 0 radical (unpaired) electrons. The van der Waals surface area contributed by atoms with Gasteiger partial charge in [0.25, 0.3) is 5.91 Å². The lowest BCUT2D eigenvalue weighted by Crippen LogP contribution is -2.50. The first-order valence-corrected chi connectivity index (χ1v) is 12.0. The van der Waals surface area contributed by atoms with Crippen LogP contribution in [-0.4, -0.2) is 50.8 Å². The topological polar surface area (TPSA) is 70.5 Å². The number of fused-ring (bicyclic) bond motifs is 4. The van der Waals surface area contributed by atoms with Gasteiger partial charge < -0.3 is 9.47 Å². The van der Waals surface area contributed by atoms with Gasteiger partial charge in [0, 0.05) is 24.4 Å². The lowest BCUT2D eigenvalue weighted by atomic mass is 10.2. The van der Waals surface area contributed by atoms with Crippen LogP contribution in [0.1, 0.15) is 26.7 Å². The maximum Gasteiger partial charge on any atom is 0.263 e. The maximum atomic E-state index is 13.7. The molecular formula is C24H27N5O2S. The number of aromatic nitrogens is 2. The number of likely N-dealkylation sites (N-methyl/N-ethyl adjacent to an activating group) is 1. The standard InChI is InChI=1S/C24H27N5O2S/c1-3-27(4-2)15-16-28-18-10-6-5-9-17(18)25-23(28)26-22(31)24-14-13-21(30)29(24)19-11-7-8-12-20(19)32-24/h5-12H,3-4,13-16H2,1-2H3,(H,25,26,31). The van der Waals surface area contributed by atoms with E-state index in [1.807, 2.05) is 48.5 Å². The Labute approximate surface area is 191 Å². The average Bonchev–Trinajstić information content (AvgIpc) is 3.44. The fourth-order valence-electron chi connectivity index (χ4n) is 4.68. The predicted molar refractivity (Wildman–Crippen MR) is 128 cm³/mol. The molecule has 2 amide bonds. The molecule has 32 heavy (non-hydrogen) atoms. The molecule has 1 fully saturated rings. The minimum Gasteiger partial charge on any atom is -0.309 e. The highest BCUT2D eigenvalue weighted by molar-refractivity contribution is 8.02. The Hall–Kier alpha value is -2.84. The Bertz CT molecular complexity index is 1190. The highest BCUT2D eigenvalue weighted by atomic mass is 32.2. The number of amides is 2. The summed E-state index contributed by atoms with van der Waals surface area (Å²) >= 11 is 1.47. The molecule has 7 nitrogen and oxygen atoms in total. The zero-order chi connectivity index (χ0) is 22.3. The molecule has 0 aliphatic carbocycles. The third-order valence-electron chi connectivity index (χ3n) is 6.44. The minimum absolute atomic E-state index is 0.00682. The SMILES string of the molecule is CCN(CC)CCn1c(NC(=O)C23CCC(=O)N2c2ccccc2S3)nc2ccccc21. The molecule has 2 aliphatic rings. The van der Waals surface area contributed by atoms with Crippen LogP contribution in [0.4, 0.5) is 11.6 Å². The third kappa shape index (κ3) is 3.29. The fraction of sp³-hybridized carbons (Fsp3) is 0.375. The summed E-state index contributed by atoms with van der Waals surface area (Å²) in [7, 11) is 0. The van der Waals surface area contributed by atoms with Gasteiger partial charge in [-0.3, -0.25) is 19.8 Å². The molecule has 1 N–H and O–H groups in total. The quantitative estimate of drug-likeness (QED) is 0.592. The van der Waals surface area contributed by atoms with Crippen molar-refractivity contribution in [3.63, 3.8) is 0 Å². The van der Waals surface area contributed by atoms with Crippen molar-refractivity contribution in [2.24, 2.45) is 0 Å². The van der Waals surface area contributed by atoms with Gasteiger partial charge in [-0.25, -0.2) is 4.98 Å². The van der Waals surface area contributed by atoms with Crippen LogP contribution in [-0.2, 0) is 16.1 Å². The predicted octanol–water partition coefficient (Wildman–Crippen LogP) is 3.95. The number of benzene rings is 2. The van der Waals surface area contributed by atoms with E-state index < -0.39 is 4.87 Å². The highest BCUT2D eigenvalue weighted by Gasteiger charge is 2.57. The molecule has 166 valence electrons. The van der Waals surface area contributed by atoms with Crippen molar-refractivity contribution in [1.29, 1.82) is 0 Å². The van der Waals surface area contributed by atoms with Gasteiger partial charge in [0.2, 0.25) is 11.9 Å². The Balaban J connectivity index is 1.48. The van der Waals surface area contributed by atoms with Crippen LogP contribution in [0.3, 0.4) is 0 Å². The van der Waals surface area contributed by atoms with Crippen molar-refractivity contribution in [1.82, 2.24) is 14.5 Å². The number of hydrogen-bond donors (Lipinski definition) is 1. The van der Waals surface area contributed by atoms with E-state index in [-0.39, 0.29) is 11.8 Å². The monoisotopic (exact) mass is 449 g/mol. The molecule has 3 aromatic rings. The Morgan fingerprint density at radius 2 is 1.91 bits per heavy atom. The number of rotatable bonds is 7. The Morgan fingerprint density at radius 3 is 2.72 bits per heavy atom. The van der Waals surface area contributed by atoms with Crippen molar-refractivity contribution in [3.8, 4) is 0 Å². The van der Waals surface area contributed by atoms with Gasteiger partial charge in [-0.1, -0.05) is 49.9 Å². The van der Waals surface area contributed by atoms with Gasteiger partial charge in [0.15, 0.2) is 4.87 Å². The van der Waals surface area contributed by atoms with Crippen molar-refractivity contribution < 1.29 is 9.59 Å². The molecule has 8 heteroatoms. The average molecular weight is 450 g/mol. The van der Waals surface area contributed by atoms with Crippen molar-refractivity contribution in [2.75, 3.05) is 29.9 Å². The number of para-hydroxylation sites is 3. The molecule has 0 bridgehead atoms.